The number of nitrogens with zero attached hydrogens (tertiary/aromatic N) is 2. The Kier molecular flexibility index (Phi) is 5.45. The van der Waals surface area contributed by atoms with Crippen molar-refractivity contribution < 1.29 is 4.39 Å². The number of guanidine groups is 1. The number of aliphatic imine (C=N–C) groups is 1. The van der Waals surface area contributed by atoms with Crippen molar-refractivity contribution in [3.05, 3.63) is 58.4 Å². The van der Waals surface area contributed by atoms with Gasteiger partial charge in [0.25, 0.3) is 0 Å². The van der Waals surface area contributed by atoms with Gasteiger partial charge >= 0.3 is 0 Å². The van der Waals surface area contributed by atoms with E-state index in [0.29, 0.717) is 17.7 Å². The molecule has 2 aromatic rings. The Morgan fingerprint density at radius 2 is 2.00 bits per heavy atom. The summed E-state index contributed by atoms with van der Waals surface area (Å²) in [6.45, 7) is 4.09. The summed E-state index contributed by atoms with van der Waals surface area (Å²) in [5, 5.41) is 3.76. The molecular formula is C17H20ClFN4. The molecule has 0 heterocycles. The largest absolute Gasteiger partial charge is 0.369 e. The summed E-state index contributed by atoms with van der Waals surface area (Å²) >= 11 is 6.15. The number of hydrogen-bond acceptors (Lipinski definition) is 2. The molecule has 0 radical (unpaired) electrons. The number of nitrogens with two attached hydrogens (primary N) is 1. The van der Waals surface area contributed by atoms with Crippen molar-refractivity contribution in [2.24, 2.45) is 10.7 Å². The van der Waals surface area contributed by atoms with Gasteiger partial charge in [0.05, 0.1) is 10.7 Å². The highest BCUT2D eigenvalue weighted by atomic mass is 35.5. The van der Waals surface area contributed by atoms with E-state index in [-0.39, 0.29) is 5.82 Å². The standard InChI is InChI=1S/C17H20ClFN4/c1-11-4-6-15(14(18)8-11)21-10-22-17(20)23(3)16-7-5-13(19)9-12(16)2/h4-9,21H,10H2,1-3H3,(H2,20,22). The summed E-state index contributed by atoms with van der Waals surface area (Å²) in [4.78, 5) is 6.00. The molecule has 23 heavy (non-hydrogen) atoms. The second kappa shape index (κ2) is 7.33. The summed E-state index contributed by atoms with van der Waals surface area (Å²) in [5.74, 6) is 0.0567. The third-order valence-electron chi connectivity index (χ3n) is 3.50. The smallest absolute Gasteiger partial charge is 0.197 e. The molecule has 6 heteroatoms. The van der Waals surface area contributed by atoms with E-state index in [9.17, 15) is 4.39 Å². The lowest BCUT2D eigenvalue weighted by Crippen LogP contribution is -2.35. The SMILES string of the molecule is Cc1ccc(NCN=C(N)N(C)c2ccc(F)cc2C)c(Cl)c1. The van der Waals surface area contributed by atoms with E-state index in [1.165, 1.54) is 12.1 Å². The molecule has 122 valence electrons. The number of hydrogen-bond donors (Lipinski definition) is 2. The average molecular weight is 335 g/mol. The molecule has 2 rings (SSSR count). The molecule has 0 amide bonds. The monoisotopic (exact) mass is 334 g/mol. The Morgan fingerprint density at radius 1 is 1.26 bits per heavy atom. The summed E-state index contributed by atoms with van der Waals surface area (Å²) < 4.78 is 13.2. The second-order valence-corrected chi connectivity index (χ2v) is 5.73. The summed E-state index contributed by atoms with van der Waals surface area (Å²) in [5.41, 5.74) is 9.48. The maximum atomic E-state index is 13.2. The number of halogens is 2. The van der Waals surface area contributed by atoms with Crippen LogP contribution < -0.4 is 16.0 Å². The minimum absolute atomic E-state index is 0.272. The van der Waals surface area contributed by atoms with E-state index in [1.807, 2.05) is 32.0 Å². The van der Waals surface area contributed by atoms with Gasteiger partial charge < -0.3 is 16.0 Å². The van der Waals surface area contributed by atoms with Gasteiger partial charge in [-0.1, -0.05) is 17.7 Å². The Hall–Kier alpha value is -2.27. The summed E-state index contributed by atoms with van der Waals surface area (Å²) in [6.07, 6.45) is 0. The van der Waals surface area contributed by atoms with E-state index in [0.717, 1.165) is 22.5 Å². The van der Waals surface area contributed by atoms with Gasteiger partial charge in [-0.15, -0.1) is 0 Å². The van der Waals surface area contributed by atoms with Crippen LogP contribution in [0, 0.1) is 19.7 Å². The first-order valence-electron chi connectivity index (χ1n) is 7.18. The zero-order chi connectivity index (χ0) is 17.0. The first-order valence-corrected chi connectivity index (χ1v) is 7.56. The lowest BCUT2D eigenvalue weighted by Gasteiger charge is -2.20. The summed E-state index contributed by atoms with van der Waals surface area (Å²) in [7, 11) is 1.79. The van der Waals surface area contributed by atoms with E-state index in [1.54, 1.807) is 18.0 Å². The van der Waals surface area contributed by atoms with Crippen LogP contribution in [0.4, 0.5) is 15.8 Å². The van der Waals surface area contributed by atoms with Crippen molar-refractivity contribution in [3.8, 4) is 0 Å². The normalized spacial score (nSPS) is 11.4. The van der Waals surface area contributed by atoms with Gasteiger partial charge in [-0.2, -0.15) is 0 Å². The average Bonchev–Trinajstić information content (AvgIpc) is 2.48. The van der Waals surface area contributed by atoms with Gasteiger partial charge in [0.1, 0.15) is 12.5 Å². The van der Waals surface area contributed by atoms with Crippen molar-refractivity contribution >= 4 is 28.9 Å². The molecule has 0 aliphatic carbocycles. The molecule has 0 saturated carbocycles. The minimum Gasteiger partial charge on any atom is -0.369 e. The maximum Gasteiger partial charge on any atom is 0.197 e. The molecule has 0 fully saturated rings. The van der Waals surface area contributed by atoms with Gasteiger partial charge in [0.15, 0.2) is 5.96 Å². The topological polar surface area (TPSA) is 53.6 Å². The molecule has 0 spiro atoms. The van der Waals surface area contributed by atoms with Crippen molar-refractivity contribution in [3.63, 3.8) is 0 Å². The van der Waals surface area contributed by atoms with Gasteiger partial charge in [0, 0.05) is 12.7 Å². The Balaban J connectivity index is 2.04. The van der Waals surface area contributed by atoms with Crippen LogP contribution in [0.25, 0.3) is 0 Å². The van der Waals surface area contributed by atoms with Crippen LogP contribution in [0.15, 0.2) is 41.4 Å². The van der Waals surface area contributed by atoms with Crippen LogP contribution in [0.5, 0.6) is 0 Å². The van der Waals surface area contributed by atoms with E-state index < -0.39 is 0 Å². The van der Waals surface area contributed by atoms with Gasteiger partial charge in [-0.25, -0.2) is 9.38 Å². The lowest BCUT2D eigenvalue weighted by atomic mass is 10.2. The van der Waals surface area contributed by atoms with Crippen LogP contribution in [-0.4, -0.2) is 19.7 Å². The highest BCUT2D eigenvalue weighted by molar-refractivity contribution is 6.33. The lowest BCUT2D eigenvalue weighted by molar-refractivity contribution is 0.626. The number of nitrogens with one attached hydrogen (secondary N) is 1. The van der Waals surface area contributed by atoms with E-state index in [2.05, 4.69) is 10.3 Å². The number of benzene rings is 2. The minimum atomic E-state index is -0.272. The third kappa shape index (κ3) is 4.36. The fourth-order valence-electron chi connectivity index (χ4n) is 2.19. The van der Waals surface area contributed by atoms with Crippen LogP contribution in [0.3, 0.4) is 0 Å². The molecule has 0 aromatic heterocycles. The van der Waals surface area contributed by atoms with E-state index >= 15 is 0 Å². The fourth-order valence-corrected chi connectivity index (χ4v) is 2.50. The predicted molar refractivity (Wildman–Crippen MR) is 95.8 cm³/mol. The molecule has 0 saturated heterocycles. The predicted octanol–water partition coefficient (Wildman–Crippen LogP) is 3.92. The molecular weight excluding hydrogens is 315 g/mol. The third-order valence-corrected chi connectivity index (χ3v) is 3.81. The Labute approximate surface area is 140 Å². The molecule has 0 unspecified atom stereocenters. The van der Waals surface area contributed by atoms with E-state index in [4.69, 9.17) is 17.3 Å². The van der Waals surface area contributed by atoms with Crippen LogP contribution in [0.2, 0.25) is 5.02 Å². The summed E-state index contributed by atoms with van der Waals surface area (Å²) in [6, 6.07) is 10.3. The first-order chi connectivity index (χ1) is 10.9. The molecule has 4 nitrogen and oxygen atoms in total. The second-order valence-electron chi connectivity index (χ2n) is 5.32. The number of rotatable bonds is 4. The highest BCUT2D eigenvalue weighted by Crippen LogP contribution is 2.22. The molecule has 0 aliphatic rings. The zero-order valence-corrected chi connectivity index (χ0v) is 14.2. The van der Waals surface area contributed by atoms with Gasteiger partial charge in [0.2, 0.25) is 0 Å². The van der Waals surface area contributed by atoms with Crippen LogP contribution in [-0.2, 0) is 0 Å². The van der Waals surface area contributed by atoms with Crippen LogP contribution >= 0.6 is 11.6 Å². The molecule has 0 atom stereocenters. The zero-order valence-electron chi connectivity index (χ0n) is 13.4. The molecule has 0 bridgehead atoms. The van der Waals surface area contributed by atoms with Gasteiger partial charge in [-0.05, 0) is 55.3 Å². The Morgan fingerprint density at radius 3 is 2.65 bits per heavy atom. The van der Waals surface area contributed by atoms with Crippen LogP contribution in [0.1, 0.15) is 11.1 Å². The van der Waals surface area contributed by atoms with Gasteiger partial charge in [-0.3, -0.25) is 0 Å². The molecule has 2 aromatic carbocycles. The fraction of sp³-hybridized carbons (Fsp3) is 0.235. The maximum absolute atomic E-state index is 13.2. The first kappa shape index (κ1) is 17.1. The highest BCUT2D eigenvalue weighted by Gasteiger charge is 2.08. The van der Waals surface area contributed by atoms with Crippen molar-refractivity contribution in [1.82, 2.24) is 0 Å². The van der Waals surface area contributed by atoms with Crippen molar-refractivity contribution in [1.29, 1.82) is 0 Å². The van der Waals surface area contributed by atoms with Crippen molar-refractivity contribution in [2.45, 2.75) is 13.8 Å². The van der Waals surface area contributed by atoms with Crippen molar-refractivity contribution in [2.75, 3.05) is 23.9 Å². The number of anilines is 2. The molecule has 0 aliphatic heterocycles. The molecule has 3 N–H and O–H groups in total. The quantitative estimate of drug-likeness (QED) is 0.658. The number of aryl methyl sites for hydroxylation is 2. The Bertz CT molecular complexity index is 731.